The summed E-state index contributed by atoms with van der Waals surface area (Å²) in [6.45, 7) is 2.08. The van der Waals surface area contributed by atoms with E-state index in [0.717, 1.165) is 28.7 Å². The van der Waals surface area contributed by atoms with Gasteiger partial charge in [0.25, 0.3) is 5.91 Å². The van der Waals surface area contributed by atoms with Gasteiger partial charge in [-0.3, -0.25) is 19.6 Å². The third kappa shape index (κ3) is 5.34. The SMILES string of the molecule is CCCC(CC(=O)O)NC(=O)c1cc(NC(=O)OCC2c3ccccc3-c3ccccc32)nn1C. The van der Waals surface area contributed by atoms with Crippen molar-refractivity contribution in [3.63, 3.8) is 0 Å². The van der Waals surface area contributed by atoms with Crippen LogP contribution in [0.15, 0.2) is 54.6 Å². The van der Waals surface area contributed by atoms with Crippen LogP contribution in [0.4, 0.5) is 10.6 Å². The van der Waals surface area contributed by atoms with Crippen LogP contribution in [0.5, 0.6) is 0 Å². The van der Waals surface area contributed by atoms with Crippen molar-refractivity contribution in [2.24, 2.45) is 7.05 Å². The van der Waals surface area contributed by atoms with Gasteiger partial charge in [0.2, 0.25) is 0 Å². The van der Waals surface area contributed by atoms with Crippen molar-refractivity contribution < 1.29 is 24.2 Å². The Kier molecular flexibility index (Phi) is 7.14. The lowest BCUT2D eigenvalue weighted by Crippen LogP contribution is -2.37. The number of ether oxygens (including phenoxy) is 1. The van der Waals surface area contributed by atoms with Crippen LogP contribution >= 0.6 is 0 Å². The number of carbonyl (C=O) groups is 3. The summed E-state index contributed by atoms with van der Waals surface area (Å²) >= 11 is 0. The van der Waals surface area contributed by atoms with Crippen LogP contribution < -0.4 is 10.6 Å². The Labute approximate surface area is 203 Å². The molecular weight excluding hydrogens is 448 g/mol. The predicted molar refractivity (Wildman–Crippen MR) is 130 cm³/mol. The minimum atomic E-state index is -0.980. The molecule has 0 bridgehead atoms. The number of carbonyl (C=O) groups excluding carboxylic acids is 2. The van der Waals surface area contributed by atoms with Gasteiger partial charge in [0.1, 0.15) is 12.3 Å². The number of carboxylic acids is 1. The molecule has 2 amide bonds. The number of benzene rings is 2. The molecule has 0 fully saturated rings. The second kappa shape index (κ2) is 10.4. The van der Waals surface area contributed by atoms with E-state index in [0.29, 0.717) is 6.42 Å². The van der Waals surface area contributed by atoms with Crippen LogP contribution in [0.3, 0.4) is 0 Å². The van der Waals surface area contributed by atoms with Crippen LogP contribution in [0, 0.1) is 0 Å². The van der Waals surface area contributed by atoms with E-state index in [1.807, 2.05) is 43.3 Å². The number of carboxylic acid groups (broad SMARTS) is 1. The second-order valence-electron chi connectivity index (χ2n) is 8.55. The molecule has 4 rings (SSSR count). The molecule has 2 aromatic carbocycles. The van der Waals surface area contributed by atoms with E-state index >= 15 is 0 Å². The summed E-state index contributed by atoms with van der Waals surface area (Å²) in [7, 11) is 1.57. The first-order chi connectivity index (χ1) is 16.9. The van der Waals surface area contributed by atoms with E-state index in [-0.39, 0.29) is 30.5 Å². The second-order valence-corrected chi connectivity index (χ2v) is 8.55. The molecule has 1 aliphatic carbocycles. The molecule has 9 nitrogen and oxygen atoms in total. The van der Waals surface area contributed by atoms with Gasteiger partial charge in [-0.2, -0.15) is 5.10 Å². The molecule has 0 saturated carbocycles. The van der Waals surface area contributed by atoms with Gasteiger partial charge >= 0.3 is 12.1 Å². The first-order valence-electron chi connectivity index (χ1n) is 11.6. The van der Waals surface area contributed by atoms with Crippen LogP contribution in [0.2, 0.25) is 0 Å². The van der Waals surface area contributed by atoms with Gasteiger partial charge in [-0.05, 0) is 28.7 Å². The van der Waals surface area contributed by atoms with Gasteiger partial charge in [0, 0.05) is 25.1 Å². The van der Waals surface area contributed by atoms with E-state index < -0.39 is 24.0 Å². The van der Waals surface area contributed by atoms with Gasteiger partial charge in [-0.15, -0.1) is 0 Å². The van der Waals surface area contributed by atoms with Crippen molar-refractivity contribution in [2.45, 2.75) is 38.1 Å². The normalized spacial score (nSPS) is 13.0. The zero-order chi connectivity index (χ0) is 24.9. The minimum absolute atomic E-state index is 0.0667. The maximum absolute atomic E-state index is 12.7. The molecule has 3 aromatic rings. The van der Waals surface area contributed by atoms with Crippen molar-refractivity contribution in [1.82, 2.24) is 15.1 Å². The first-order valence-corrected chi connectivity index (χ1v) is 11.6. The van der Waals surface area contributed by atoms with Crippen molar-refractivity contribution in [2.75, 3.05) is 11.9 Å². The fourth-order valence-electron chi connectivity index (χ4n) is 4.52. The molecule has 1 aliphatic rings. The van der Waals surface area contributed by atoms with Gasteiger partial charge in [-0.1, -0.05) is 61.9 Å². The molecule has 35 heavy (non-hydrogen) atoms. The number of aromatic nitrogens is 2. The molecule has 1 aromatic heterocycles. The Hall–Kier alpha value is -4.14. The lowest BCUT2D eigenvalue weighted by Gasteiger charge is -2.15. The Morgan fingerprint density at radius 3 is 2.31 bits per heavy atom. The molecular formula is C26H28N4O5. The maximum Gasteiger partial charge on any atom is 0.412 e. The Bertz CT molecular complexity index is 1210. The zero-order valence-corrected chi connectivity index (χ0v) is 19.7. The zero-order valence-electron chi connectivity index (χ0n) is 19.7. The highest BCUT2D eigenvalue weighted by atomic mass is 16.5. The number of aliphatic carboxylic acids is 1. The molecule has 9 heteroatoms. The van der Waals surface area contributed by atoms with E-state index in [1.54, 1.807) is 7.05 Å². The molecule has 1 heterocycles. The number of rotatable bonds is 9. The van der Waals surface area contributed by atoms with Gasteiger partial charge in [-0.25, -0.2) is 4.79 Å². The van der Waals surface area contributed by atoms with E-state index in [4.69, 9.17) is 9.84 Å². The molecule has 0 spiro atoms. The van der Waals surface area contributed by atoms with Crippen molar-refractivity contribution in [1.29, 1.82) is 0 Å². The Balaban J connectivity index is 1.39. The van der Waals surface area contributed by atoms with E-state index in [1.165, 1.54) is 10.7 Å². The molecule has 0 saturated heterocycles. The summed E-state index contributed by atoms with van der Waals surface area (Å²) in [6, 6.07) is 17.1. The number of hydrogen-bond acceptors (Lipinski definition) is 5. The molecule has 3 N–H and O–H groups in total. The number of amides is 2. The minimum Gasteiger partial charge on any atom is -0.481 e. The summed E-state index contributed by atoms with van der Waals surface area (Å²) < 4.78 is 6.86. The van der Waals surface area contributed by atoms with E-state index in [2.05, 4.69) is 27.9 Å². The lowest BCUT2D eigenvalue weighted by atomic mass is 9.98. The molecule has 1 atom stereocenters. The van der Waals surface area contributed by atoms with Crippen LogP contribution in [0.25, 0.3) is 11.1 Å². The number of hydrogen-bond donors (Lipinski definition) is 3. The highest BCUT2D eigenvalue weighted by Gasteiger charge is 2.29. The van der Waals surface area contributed by atoms with Crippen LogP contribution in [-0.2, 0) is 16.6 Å². The number of nitrogens with zero attached hydrogens (tertiary/aromatic N) is 2. The molecule has 0 radical (unpaired) electrons. The van der Waals surface area contributed by atoms with Crippen molar-refractivity contribution >= 4 is 23.8 Å². The Morgan fingerprint density at radius 2 is 1.71 bits per heavy atom. The monoisotopic (exact) mass is 476 g/mol. The summed E-state index contributed by atoms with van der Waals surface area (Å²) in [5, 5.41) is 18.5. The molecule has 0 aliphatic heterocycles. The first kappa shape index (κ1) is 24.0. The summed E-state index contributed by atoms with van der Waals surface area (Å²) in [4.78, 5) is 36.2. The standard InChI is InChI=1S/C26H28N4O5/c1-3-8-16(13-24(31)32)27-25(33)22-14-23(29-30(22)2)28-26(34)35-15-21-19-11-6-4-9-17(19)18-10-5-7-12-20(18)21/h4-7,9-12,14,16,21H,3,8,13,15H2,1-2H3,(H,27,33)(H,31,32)(H,28,29,34). The number of nitrogens with one attached hydrogen (secondary N) is 2. The third-order valence-corrected chi connectivity index (χ3v) is 6.08. The lowest BCUT2D eigenvalue weighted by molar-refractivity contribution is -0.137. The molecule has 1 unspecified atom stereocenters. The quantitative estimate of drug-likeness (QED) is 0.426. The van der Waals surface area contributed by atoms with Gasteiger partial charge in [0.05, 0.1) is 6.42 Å². The summed E-state index contributed by atoms with van der Waals surface area (Å²) in [6.07, 6.45) is 0.438. The Morgan fingerprint density at radius 1 is 1.09 bits per heavy atom. The maximum atomic E-state index is 12.7. The van der Waals surface area contributed by atoms with Gasteiger partial charge < -0.3 is 15.2 Å². The summed E-state index contributed by atoms with van der Waals surface area (Å²) in [5.74, 6) is -1.34. The molecule has 182 valence electrons. The number of aryl methyl sites for hydroxylation is 1. The van der Waals surface area contributed by atoms with Crippen molar-refractivity contribution in [3.8, 4) is 11.1 Å². The van der Waals surface area contributed by atoms with Crippen LogP contribution in [-0.4, -0.2) is 45.5 Å². The fourth-order valence-corrected chi connectivity index (χ4v) is 4.52. The number of anilines is 1. The topological polar surface area (TPSA) is 123 Å². The smallest absolute Gasteiger partial charge is 0.412 e. The number of fused-ring (bicyclic) bond motifs is 3. The van der Waals surface area contributed by atoms with Crippen molar-refractivity contribution in [3.05, 3.63) is 71.4 Å². The third-order valence-electron chi connectivity index (χ3n) is 6.08. The highest BCUT2D eigenvalue weighted by molar-refractivity contribution is 5.95. The van der Waals surface area contributed by atoms with Gasteiger partial charge in [0.15, 0.2) is 5.82 Å². The summed E-state index contributed by atoms with van der Waals surface area (Å²) in [5.41, 5.74) is 4.71. The van der Waals surface area contributed by atoms with Crippen LogP contribution in [0.1, 0.15) is 53.7 Å². The predicted octanol–water partition coefficient (Wildman–Crippen LogP) is 4.15. The average molecular weight is 477 g/mol. The fraction of sp³-hybridized carbons (Fsp3) is 0.308. The van der Waals surface area contributed by atoms with E-state index in [9.17, 15) is 14.4 Å². The largest absolute Gasteiger partial charge is 0.481 e. The highest BCUT2D eigenvalue weighted by Crippen LogP contribution is 2.44. The average Bonchev–Trinajstić information content (AvgIpc) is 3.35.